The number of hydrogen-bond acceptors (Lipinski definition) is 6. The molecule has 0 aromatic heterocycles. The molecule has 0 aliphatic heterocycles. The fraction of sp³-hybridized carbons (Fsp3) is 0.300. The van der Waals surface area contributed by atoms with Crippen LogP contribution in [0.4, 0.5) is 0 Å². The number of carbonyl (C=O) groups is 2. The van der Waals surface area contributed by atoms with Crippen LogP contribution in [0.25, 0.3) is 0 Å². The summed E-state index contributed by atoms with van der Waals surface area (Å²) in [4.78, 5) is 23.3. The lowest BCUT2D eigenvalue weighted by Gasteiger charge is -2.20. The third-order valence-electron chi connectivity index (χ3n) is 3.73. The second-order valence-electron chi connectivity index (χ2n) is 5.64. The van der Waals surface area contributed by atoms with Crippen LogP contribution in [0.5, 0.6) is 17.2 Å². The predicted molar refractivity (Wildman–Crippen MR) is 96.6 cm³/mol. The minimum Gasteiger partial charge on any atom is -0.550 e. The predicted octanol–water partition coefficient (Wildman–Crippen LogP) is 1.47. The number of methoxy groups -OCH3 is 1. The first-order valence-electron chi connectivity index (χ1n) is 8.51. The lowest BCUT2D eigenvalue weighted by atomic mass is 10.0. The van der Waals surface area contributed by atoms with E-state index in [-0.39, 0.29) is 13.0 Å². The van der Waals surface area contributed by atoms with Gasteiger partial charge in [0.1, 0.15) is 5.75 Å². The highest BCUT2D eigenvalue weighted by atomic mass is 16.5. The van der Waals surface area contributed by atoms with Crippen LogP contribution in [0.1, 0.15) is 24.9 Å². The molecule has 0 aliphatic carbocycles. The molecule has 1 N–H and O–H groups in total. The van der Waals surface area contributed by atoms with Gasteiger partial charge in [0.15, 0.2) is 18.1 Å². The smallest absolute Gasteiger partial charge is 0.258 e. The summed E-state index contributed by atoms with van der Waals surface area (Å²) >= 11 is 0. The molecule has 0 bridgehead atoms. The molecule has 0 aliphatic rings. The molecule has 27 heavy (non-hydrogen) atoms. The van der Waals surface area contributed by atoms with Crippen LogP contribution < -0.4 is 24.6 Å². The molecule has 144 valence electrons. The molecule has 2 aromatic rings. The standard InChI is InChI=1S/C20H23NO6/c1-3-26-15-10-8-14(9-11-15)16(12-20(23)24)21-19(22)13-27-18-7-5-4-6-17(18)25-2/h4-11,16H,3,12-13H2,1-2H3,(H,21,22)(H,23,24)/p-1/t16-/m1/s1. The Kier molecular flexibility index (Phi) is 7.49. The number of para-hydroxylation sites is 2. The molecular weight excluding hydrogens is 350 g/mol. The van der Waals surface area contributed by atoms with E-state index < -0.39 is 17.9 Å². The van der Waals surface area contributed by atoms with Gasteiger partial charge >= 0.3 is 0 Å². The Balaban J connectivity index is 2.02. The number of amides is 1. The first-order valence-corrected chi connectivity index (χ1v) is 8.51. The minimum atomic E-state index is -1.26. The van der Waals surface area contributed by atoms with E-state index in [1.54, 1.807) is 48.5 Å². The summed E-state index contributed by atoms with van der Waals surface area (Å²) in [6.07, 6.45) is -0.353. The number of hydrogen-bond donors (Lipinski definition) is 1. The number of ether oxygens (including phenoxy) is 3. The van der Waals surface area contributed by atoms with Gasteiger partial charge in [-0.2, -0.15) is 0 Å². The van der Waals surface area contributed by atoms with E-state index in [4.69, 9.17) is 14.2 Å². The van der Waals surface area contributed by atoms with Gasteiger partial charge in [-0.3, -0.25) is 4.79 Å². The first-order chi connectivity index (χ1) is 13.0. The molecular formula is C20H22NO6-. The fourth-order valence-corrected chi connectivity index (χ4v) is 2.50. The van der Waals surface area contributed by atoms with Crippen LogP contribution >= 0.6 is 0 Å². The van der Waals surface area contributed by atoms with Crippen LogP contribution in [-0.4, -0.2) is 32.2 Å². The van der Waals surface area contributed by atoms with Crippen LogP contribution in [0, 0.1) is 0 Å². The zero-order valence-corrected chi connectivity index (χ0v) is 15.3. The Hall–Kier alpha value is -3.22. The minimum absolute atomic E-state index is 0.277. The summed E-state index contributed by atoms with van der Waals surface area (Å²) in [6.45, 7) is 2.12. The average molecular weight is 372 g/mol. The monoisotopic (exact) mass is 372 g/mol. The van der Waals surface area contributed by atoms with Gasteiger partial charge < -0.3 is 29.4 Å². The lowest BCUT2D eigenvalue weighted by Crippen LogP contribution is -2.36. The van der Waals surface area contributed by atoms with E-state index in [9.17, 15) is 14.7 Å². The molecule has 2 rings (SSSR count). The summed E-state index contributed by atoms with van der Waals surface area (Å²) in [5.41, 5.74) is 0.633. The van der Waals surface area contributed by atoms with Crippen molar-refractivity contribution in [3.05, 3.63) is 54.1 Å². The zero-order chi connectivity index (χ0) is 19.6. The first kappa shape index (κ1) is 20.1. The van der Waals surface area contributed by atoms with Gasteiger partial charge in [-0.25, -0.2) is 0 Å². The van der Waals surface area contributed by atoms with Crippen LogP contribution in [0.2, 0.25) is 0 Å². The maximum absolute atomic E-state index is 12.2. The fourth-order valence-electron chi connectivity index (χ4n) is 2.50. The van der Waals surface area contributed by atoms with Gasteiger partial charge in [0, 0.05) is 12.4 Å². The Bertz CT molecular complexity index is 759. The summed E-state index contributed by atoms with van der Waals surface area (Å²) in [5, 5.41) is 13.7. The molecule has 0 spiro atoms. The van der Waals surface area contributed by atoms with Gasteiger partial charge in [-0.05, 0) is 36.8 Å². The zero-order valence-electron chi connectivity index (χ0n) is 15.3. The molecule has 0 radical (unpaired) electrons. The Morgan fingerprint density at radius 1 is 1.04 bits per heavy atom. The molecule has 0 saturated heterocycles. The van der Waals surface area contributed by atoms with Crippen molar-refractivity contribution in [2.24, 2.45) is 0 Å². The van der Waals surface area contributed by atoms with Crippen molar-refractivity contribution in [2.45, 2.75) is 19.4 Å². The number of carboxylic acids is 1. The van der Waals surface area contributed by atoms with Crippen molar-refractivity contribution in [2.75, 3.05) is 20.3 Å². The average Bonchev–Trinajstić information content (AvgIpc) is 2.66. The van der Waals surface area contributed by atoms with Gasteiger partial charge in [0.25, 0.3) is 5.91 Å². The molecule has 0 fully saturated rings. The van der Waals surface area contributed by atoms with Crippen LogP contribution in [0.15, 0.2) is 48.5 Å². The Labute approximate surface area is 157 Å². The molecule has 0 saturated carbocycles. The molecule has 7 heteroatoms. The third kappa shape index (κ3) is 6.22. The lowest BCUT2D eigenvalue weighted by molar-refractivity contribution is -0.306. The van der Waals surface area contributed by atoms with Crippen molar-refractivity contribution in [3.63, 3.8) is 0 Å². The van der Waals surface area contributed by atoms with Crippen molar-refractivity contribution in [3.8, 4) is 17.2 Å². The number of carboxylic acid groups (broad SMARTS) is 1. The maximum atomic E-state index is 12.2. The number of nitrogens with one attached hydrogen (secondary N) is 1. The van der Waals surface area contributed by atoms with E-state index in [2.05, 4.69) is 5.32 Å². The second kappa shape index (κ2) is 10.1. The largest absolute Gasteiger partial charge is 0.550 e. The van der Waals surface area contributed by atoms with Gasteiger partial charge in [-0.15, -0.1) is 0 Å². The molecule has 2 aromatic carbocycles. The highest BCUT2D eigenvalue weighted by molar-refractivity contribution is 5.79. The highest BCUT2D eigenvalue weighted by Crippen LogP contribution is 2.26. The van der Waals surface area contributed by atoms with Crippen molar-refractivity contribution >= 4 is 11.9 Å². The van der Waals surface area contributed by atoms with Crippen LogP contribution in [-0.2, 0) is 9.59 Å². The normalized spacial score (nSPS) is 11.3. The highest BCUT2D eigenvalue weighted by Gasteiger charge is 2.16. The summed E-state index contributed by atoms with van der Waals surface area (Å²) in [6, 6.07) is 13.1. The topological polar surface area (TPSA) is 96.9 Å². The summed E-state index contributed by atoms with van der Waals surface area (Å²) in [7, 11) is 1.50. The van der Waals surface area contributed by atoms with E-state index in [1.165, 1.54) is 7.11 Å². The van der Waals surface area contributed by atoms with Gasteiger partial charge in [0.05, 0.1) is 19.8 Å². The van der Waals surface area contributed by atoms with E-state index in [1.807, 2.05) is 6.92 Å². The number of carbonyl (C=O) groups excluding carboxylic acids is 2. The quantitative estimate of drug-likeness (QED) is 0.678. The number of rotatable bonds is 10. The third-order valence-corrected chi connectivity index (χ3v) is 3.73. The Morgan fingerprint density at radius 3 is 2.30 bits per heavy atom. The van der Waals surface area contributed by atoms with Crippen molar-refractivity contribution in [1.82, 2.24) is 5.32 Å². The van der Waals surface area contributed by atoms with E-state index in [0.717, 1.165) is 0 Å². The van der Waals surface area contributed by atoms with Gasteiger partial charge in [0.2, 0.25) is 0 Å². The molecule has 0 unspecified atom stereocenters. The second-order valence-corrected chi connectivity index (χ2v) is 5.64. The number of aliphatic carboxylic acids is 1. The SMILES string of the molecule is CCOc1ccc([C@@H](CC(=O)[O-])NC(=O)COc2ccccc2OC)cc1. The molecule has 1 atom stereocenters. The van der Waals surface area contributed by atoms with Crippen molar-refractivity contribution in [1.29, 1.82) is 0 Å². The van der Waals surface area contributed by atoms with E-state index >= 15 is 0 Å². The van der Waals surface area contributed by atoms with Crippen LogP contribution in [0.3, 0.4) is 0 Å². The molecule has 1 amide bonds. The molecule has 0 heterocycles. The Morgan fingerprint density at radius 2 is 1.70 bits per heavy atom. The molecule has 7 nitrogen and oxygen atoms in total. The van der Waals surface area contributed by atoms with Gasteiger partial charge in [-0.1, -0.05) is 24.3 Å². The summed E-state index contributed by atoms with van der Waals surface area (Å²) < 4.78 is 16.0. The van der Waals surface area contributed by atoms with Crippen molar-refractivity contribution < 1.29 is 28.9 Å². The summed E-state index contributed by atoms with van der Waals surface area (Å²) in [5.74, 6) is -0.129. The maximum Gasteiger partial charge on any atom is 0.258 e. The number of benzene rings is 2. The van der Waals surface area contributed by atoms with E-state index in [0.29, 0.717) is 29.4 Å².